The Bertz CT molecular complexity index is 3820. The molecule has 78 heavy (non-hydrogen) atoms. The van der Waals surface area contributed by atoms with Crippen LogP contribution >= 0.6 is 0 Å². The largest absolute Gasteiger partial charge is 0.310 e. The summed E-state index contributed by atoms with van der Waals surface area (Å²) in [5.74, 6) is 0. The number of rotatable bonds is 12. The monoisotopic (exact) mass is 1080 g/mol. The van der Waals surface area contributed by atoms with Gasteiger partial charge in [0.25, 0.3) is 0 Å². The van der Waals surface area contributed by atoms with E-state index in [1.807, 2.05) is 0 Å². The molecule has 0 N–H and O–H groups in total. The molecule has 0 saturated heterocycles. The van der Waals surface area contributed by atoms with Gasteiger partial charge in [-0.25, -0.2) is 0 Å². The molecule has 12 aromatic rings. The van der Waals surface area contributed by atoms with E-state index in [0.29, 0.717) is 0 Å². The third kappa shape index (κ3) is 9.42. The summed E-state index contributed by atoms with van der Waals surface area (Å²) in [5, 5.41) is 18.3. The molecular weight excluding hydrogens is 1010 g/mol. The van der Waals surface area contributed by atoms with Crippen LogP contribution in [-0.4, -0.2) is 32.3 Å². The molecule has 12 rings (SSSR count). The maximum Gasteiger partial charge on any atom is 0.0775 e. The summed E-state index contributed by atoms with van der Waals surface area (Å²) in [4.78, 5) is 5.10. The van der Waals surface area contributed by atoms with Gasteiger partial charge in [-0.1, -0.05) is 245 Å². The zero-order chi connectivity index (χ0) is 54.5. The highest BCUT2D eigenvalue weighted by molar-refractivity contribution is 6.90. The predicted molar refractivity (Wildman–Crippen MR) is 357 cm³/mol. The van der Waals surface area contributed by atoms with Crippen LogP contribution in [0.4, 0.5) is 34.1 Å². The Hall–Kier alpha value is -7.33. The summed E-state index contributed by atoms with van der Waals surface area (Å²) in [6, 6.07) is 84.6. The molecule has 0 amide bonds. The van der Waals surface area contributed by atoms with Crippen molar-refractivity contribution in [2.24, 2.45) is 0 Å². The van der Waals surface area contributed by atoms with Crippen LogP contribution in [0, 0.1) is 0 Å². The Balaban J connectivity index is 1.23. The van der Waals surface area contributed by atoms with Gasteiger partial charge in [-0.15, -0.1) is 0 Å². The third-order valence-corrected chi connectivity index (χ3v) is 24.7. The average molecular weight is 1080 g/mol. The van der Waals surface area contributed by atoms with E-state index >= 15 is 0 Å². The molecule has 0 bridgehead atoms. The quantitative estimate of drug-likeness (QED) is 0.0889. The van der Waals surface area contributed by atoms with Crippen molar-refractivity contribution in [3.63, 3.8) is 0 Å². The first-order chi connectivity index (χ1) is 37.2. The first-order valence-electron chi connectivity index (χ1n) is 28.0. The number of hydrogen-bond donors (Lipinski definition) is 0. The van der Waals surface area contributed by atoms with E-state index in [2.05, 4.69) is 307 Å². The molecule has 0 spiro atoms. The van der Waals surface area contributed by atoms with Gasteiger partial charge in [-0.05, 0) is 127 Å². The summed E-state index contributed by atoms with van der Waals surface area (Å²) in [5.41, 5.74) is 11.8. The van der Waals surface area contributed by atoms with Crippen LogP contribution in [0.2, 0.25) is 78.6 Å². The van der Waals surface area contributed by atoms with E-state index in [4.69, 9.17) is 0 Å². The third-order valence-electron chi connectivity index (χ3n) is 16.4. The molecule has 0 aliphatic rings. The Kier molecular flexibility index (Phi) is 12.7. The molecule has 2 nitrogen and oxygen atoms in total. The van der Waals surface area contributed by atoms with Crippen LogP contribution in [0.15, 0.2) is 218 Å². The molecule has 12 aromatic carbocycles. The zero-order valence-corrected chi connectivity index (χ0v) is 51.7. The molecule has 0 fully saturated rings. The van der Waals surface area contributed by atoms with Crippen molar-refractivity contribution in [1.29, 1.82) is 0 Å². The van der Waals surface area contributed by atoms with E-state index in [-0.39, 0.29) is 0 Å². The van der Waals surface area contributed by atoms with Gasteiger partial charge in [0.2, 0.25) is 0 Å². The fourth-order valence-electron chi connectivity index (χ4n) is 11.8. The number of anilines is 6. The zero-order valence-electron chi connectivity index (χ0n) is 47.7. The average Bonchev–Trinajstić information content (AvgIpc) is 3.62. The lowest BCUT2D eigenvalue weighted by Crippen LogP contribution is -2.37. The first kappa shape index (κ1) is 51.4. The van der Waals surface area contributed by atoms with Gasteiger partial charge in [0.15, 0.2) is 0 Å². The van der Waals surface area contributed by atoms with E-state index < -0.39 is 32.3 Å². The molecule has 0 aliphatic carbocycles. The van der Waals surface area contributed by atoms with Crippen LogP contribution in [0.3, 0.4) is 0 Å². The minimum Gasteiger partial charge on any atom is -0.310 e. The molecule has 0 aliphatic heterocycles. The number of benzene rings is 12. The van der Waals surface area contributed by atoms with Crippen LogP contribution < -0.4 is 30.5 Å². The van der Waals surface area contributed by atoms with Crippen LogP contribution in [0.1, 0.15) is 0 Å². The number of hydrogen-bond acceptors (Lipinski definition) is 2. The highest BCUT2D eigenvalue weighted by Crippen LogP contribution is 2.52. The minimum atomic E-state index is -1.59. The lowest BCUT2D eigenvalue weighted by atomic mass is 9.84. The van der Waals surface area contributed by atoms with Gasteiger partial charge in [0.1, 0.15) is 0 Å². The summed E-state index contributed by atoms with van der Waals surface area (Å²) in [7, 11) is -6.37. The van der Waals surface area contributed by atoms with Gasteiger partial charge in [0, 0.05) is 44.3 Å². The normalized spacial score (nSPS) is 12.6. The van der Waals surface area contributed by atoms with Crippen molar-refractivity contribution in [1.82, 2.24) is 0 Å². The molecule has 0 radical (unpaired) electrons. The number of nitrogens with zero attached hydrogens (tertiary/aromatic N) is 2. The highest BCUT2D eigenvalue weighted by atomic mass is 28.3. The SMILES string of the molecule is C[Si](C)(C)c1ccc(N(c2ccc([Si](C)(C)C)cc2)c2cc(-c3ccc4ccccc4c3)c3ccc4c(N(c5ccc([Si](C)(C)C)cc5)c5ccc([Si](C)(C)C)cc5)cc(-c5ccc6ccccc6c5)c5ccc2c3c54)cc1. The van der Waals surface area contributed by atoms with E-state index in [1.165, 1.54) is 108 Å². The van der Waals surface area contributed by atoms with Crippen molar-refractivity contribution >= 4 is 141 Å². The topological polar surface area (TPSA) is 6.48 Å². The Morgan fingerprint density at radius 2 is 0.513 bits per heavy atom. The fourth-order valence-corrected chi connectivity index (χ4v) is 16.5. The van der Waals surface area contributed by atoms with Crippen molar-refractivity contribution in [3.8, 4) is 22.3 Å². The fraction of sp³-hybridized carbons (Fsp3) is 0.167. The Morgan fingerprint density at radius 1 is 0.244 bits per heavy atom. The lowest BCUT2D eigenvalue weighted by molar-refractivity contribution is 1.30. The smallest absolute Gasteiger partial charge is 0.0775 e. The highest BCUT2D eigenvalue weighted by Gasteiger charge is 2.28. The Labute approximate surface area is 467 Å². The van der Waals surface area contributed by atoms with Gasteiger partial charge < -0.3 is 9.80 Å². The van der Waals surface area contributed by atoms with Crippen LogP contribution in [0.5, 0.6) is 0 Å². The van der Waals surface area contributed by atoms with Gasteiger partial charge >= 0.3 is 0 Å². The molecule has 0 aromatic heterocycles. The standard InChI is InChI=1S/C72H72N2Si4/c1-75(2,3)59-33-25-55(26-34-59)73(56-27-35-60(36-28-56)76(4,5)6)69-47-67(53-23-21-49-17-13-15-19-51(49)45-53)63-42-44-66-70(74(57-29-37-61(38-30-57)77(7,8)9)58-31-39-62(40-32-58)78(10,11)12)48-68(64-41-43-65(69)71(63)72(64)66)54-24-22-50-18-14-16-20-52(50)46-54/h13-48H,1-12H3. The molecule has 0 heterocycles. The molecule has 0 saturated carbocycles. The van der Waals surface area contributed by atoms with Crippen LogP contribution in [-0.2, 0) is 0 Å². The number of fused-ring (bicyclic) bond motifs is 2. The molecule has 6 heteroatoms. The van der Waals surface area contributed by atoms with E-state index in [0.717, 1.165) is 22.7 Å². The van der Waals surface area contributed by atoms with Gasteiger partial charge in [0.05, 0.1) is 43.7 Å². The summed E-state index contributed by atoms with van der Waals surface area (Å²) < 4.78 is 0. The second kappa shape index (κ2) is 19.2. The predicted octanol–water partition coefficient (Wildman–Crippen LogP) is 19.3. The minimum absolute atomic E-state index is 1.16. The van der Waals surface area contributed by atoms with E-state index in [9.17, 15) is 0 Å². The molecule has 386 valence electrons. The van der Waals surface area contributed by atoms with E-state index in [1.54, 1.807) is 0 Å². The summed E-state index contributed by atoms with van der Waals surface area (Å²) in [6.07, 6.45) is 0. The van der Waals surface area contributed by atoms with Crippen LogP contribution in [0.25, 0.3) is 76.1 Å². The molecule has 0 atom stereocenters. The van der Waals surface area contributed by atoms with Crippen molar-refractivity contribution in [2.45, 2.75) is 78.6 Å². The van der Waals surface area contributed by atoms with Crippen molar-refractivity contribution in [3.05, 3.63) is 218 Å². The second-order valence-electron chi connectivity index (χ2n) is 25.9. The maximum absolute atomic E-state index is 2.55. The Morgan fingerprint density at radius 3 is 0.795 bits per heavy atom. The lowest BCUT2D eigenvalue weighted by Gasteiger charge is -2.32. The van der Waals surface area contributed by atoms with Gasteiger partial charge in [-0.2, -0.15) is 0 Å². The second-order valence-corrected chi connectivity index (χ2v) is 46.2. The van der Waals surface area contributed by atoms with Crippen molar-refractivity contribution in [2.75, 3.05) is 9.80 Å². The molecular formula is C72H72N2Si4. The van der Waals surface area contributed by atoms with Crippen molar-refractivity contribution < 1.29 is 0 Å². The summed E-state index contributed by atoms with van der Waals surface area (Å²) >= 11 is 0. The summed E-state index contributed by atoms with van der Waals surface area (Å²) in [6.45, 7) is 29.3. The molecule has 0 unspecified atom stereocenters. The maximum atomic E-state index is 2.55. The van der Waals surface area contributed by atoms with Gasteiger partial charge in [-0.3, -0.25) is 0 Å². The first-order valence-corrected chi connectivity index (χ1v) is 42.0.